The van der Waals surface area contributed by atoms with E-state index in [4.69, 9.17) is 5.73 Å². The number of hydrogen-bond donors (Lipinski definition) is 1. The molecule has 2 atom stereocenters. The van der Waals surface area contributed by atoms with Gasteiger partial charge in [0.2, 0.25) is 0 Å². The predicted molar refractivity (Wildman–Crippen MR) is 59.2 cm³/mol. The van der Waals surface area contributed by atoms with E-state index in [1.54, 1.807) is 12.2 Å². The molecular weight excluding hydrogens is 190 g/mol. The molecule has 1 rings (SSSR count). The largest absolute Gasteiger partial charge is 0.318 e. The molecule has 0 aliphatic heterocycles. The Morgan fingerprint density at radius 2 is 2.33 bits per heavy atom. The molecule has 0 unspecified atom stereocenters. The Kier molecular flexibility index (Phi) is 3.37. The van der Waals surface area contributed by atoms with Crippen LogP contribution in [0.1, 0.15) is 12.8 Å². The maximum atomic E-state index is 11.7. The third-order valence-corrected chi connectivity index (χ3v) is 2.76. The van der Waals surface area contributed by atoms with Gasteiger partial charge in [0.15, 0.2) is 11.6 Å². The molecule has 15 heavy (non-hydrogen) atoms. The molecule has 0 radical (unpaired) electrons. The lowest BCUT2D eigenvalue weighted by molar-refractivity contribution is -0.126. The van der Waals surface area contributed by atoms with Crippen molar-refractivity contribution in [3.05, 3.63) is 37.5 Å². The third kappa shape index (κ3) is 2.13. The van der Waals surface area contributed by atoms with Gasteiger partial charge in [-0.2, -0.15) is 0 Å². The van der Waals surface area contributed by atoms with E-state index in [0.717, 1.165) is 0 Å². The summed E-state index contributed by atoms with van der Waals surface area (Å²) in [5.41, 5.74) is 4.86. The highest BCUT2D eigenvalue weighted by Gasteiger charge is 2.41. The van der Waals surface area contributed by atoms with Crippen molar-refractivity contribution in [2.45, 2.75) is 18.4 Å². The first-order valence-corrected chi connectivity index (χ1v) is 4.82. The van der Waals surface area contributed by atoms with Crippen molar-refractivity contribution in [3.63, 3.8) is 0 Å². The molecule has 0 heterocycles. The maximum Gasteiger partial charge on any atom is 0.176 e. The minimum atomic E-state index is -1.14. The van der Waals surface area contributed by atoms with Crippen LogP contribution in [0, 0.1) is 5.92 Å². The van der Waals surface area contributed by atoms with Crippen molar-refractivity contribution >= 4 is 11.6 Å². The fourth-order valence-corrected chi connectivity index (χ4v) is 1.76. The van der Waals surface area contributed by atoms with Gasteiger partial charge in [-0.1, -0.05) is 18.7 Å². The Labute approximate surface area is 89.3 Å². The summed E-state index contributed by atoms with van der Waals surface area (Å²) in [6, 6.07) is 0. The molecule has 0 amide bonds. The van der Waals surface area contributed by atoms with Crippen LogP contribution in [-0.2, 0) is 9.59 Å². The van der Waals surface area contributed by atoms with Gasteiger partial charge in [-0.15, -0.1) is 6.58 Å². The number of rotatable bonds is 4. The summed E-state index contributed by atoms with van der Waals surface area (Å²) in [5.74, 6) is -0.610. The zero-order valence-corrected chi connectivity index (χ0v) is 8.61. The van der Waals surface area contributed by atoms with Crippen LogP contribution < -0.4 is 5.73 Å². The molecule has 3 nitrogen and oxygen atoms in total. The number of nitrogens with two attached hydrogens (primary N) is 1. The summed E-state index contributed by atoms with van der Waals surface area (Å²) in [7, 11) is 0. The van der Waals surface area contributed by atoms with Crippen molar-refractivity contribution in [2.24, 2.45) is 11.7 Å². The highest BCUT2D eigenvalue weighted by molar-refractivity contribution is 6.04. The van der Waals surface area contributed by atoms with E-state index in [9.17, 15) is 9.59 Å². The van der Waals surface area contributed by atoms with Gasteiger partial charge < -0.3 is 5.73 Å². The van der Waals surface area contributed by atoms with Crippen LogP contribution in [0.25, 0.3) is 0 Å². The Bertz CT molecular complexity index is 344. The topological polar surface area (TPSA) is 60.2 Å². The SMILES string of the molecule is C=CC(=O)C[C@]1(N)C(=O)C=CC[C@H]1C=C. The van der Waals surface area contributed by atoms with Gasteiger partial charge >= 0.3 is 0 Å². The molecular formula is C12H15NO2. The second kappa shape index (κ2) is 4.36. The summed E-state index contributed by atoms with van der Waals surface area (Å²) in [5, 5.41) is 0. The number of carbonyl (C=O) groups excluding carboxylic acids is 2. The van der Waals surface area contributed by atoms with Crippen LogP contribution in [0.15, 0.2) is 37.5 Å². The van der Waals surface area contributed by atoms with Gasteiger partial charge in [0.1, 0.15) is 0 Å². The first-order chi connectivity index (χ1) is 7.04. The quantitative estimate of drug-likeness (QED) is 0.553. The van der Waals surface area contributed by atoms with Crippen molar-refractivity contribution in [3.8, 4) is 0 Å². The minimum Gasteiger partial charge on any atom is -0.318 e. The zero-order valence-electron chi connectivity index (χ0n) is 8.61. The summed E-state index contributed by atoms with van der Waals surface area (Å²) < 4.78 is 0. The summed E-state index contributed by atoms with van der Waals surface area (Å²) in [6.07, 6.45) is 6.68. The number of ketones is 2. The fourth-order valence-electron chi connectivity index (χ4n) is 1.76. The van der Waals surface area contributed by atoms with Crippen LogP contribution in [-0.4, -0.2) is 17.1 Å². The average Bonchev–Trinajstić information content (AvgIpc) is 2.22. The molecule has 0 fully saturated rings. The summed E-state index contributed by atoms with van der Waals surface area (Å²) in [6.45, 7) is 7.02. The second-order valence-corrected chi connectivity index (χ2v) is 3.73. The van der Waals surface area contributed by atoms with E-state index in [-0.39, 0.29) is 23.9 Å². The minimum absolute atomic E-state index is 0.00361. The molecule has 3 heteroatoms. The van der Waals surface area contributed by atoms with Gasteiger partial charge in [-0.25, -0.2) is 0 Å². The molecule has 1 aliphatic rings. The van der Waals surface area contributed by atoms with Crippen LogP contribution in [0.4, 0.5) is 0 Å². The van der Waals surface area contributed by atoms with Gasteiger partial charge in [0.25, 0.3) is 0 Å². The van der Waals surface area contributed by atoms with Gasteiger partial charge in [0, 0.05) is 12.3 Å². The van der Waals surface area contributed by atoms with Crippen molar-refractivity contribution in [1.29, 1.82) is 0 Å². The predicted octanol–water partition coefficient (Wildman–Crippen LogP) is 1.16. The lowest BCUT2D eigenvalue weighted by Crippen LogP contribution is -2.55. The van der Waals surface area contributed by atoms with Crippen molar-refractivity contribution < 1.29 is 9.59 Å². The van der Waals surface area contributed by atoms with E-state index in [2.05, 4.69) is 13.2 Å². The Hall–Kier alpha value is -1.48. The molecule has 80 valence electrons. The van der Waals surface area contributed by atoms with Gasteiger partial charge in [-0.05, 0) is 18.6 Å². The van der Waals surface area contributed by atoms with Gasteiger partial charge in [-0.3, -0.25) is 9.59 Å². The number of allylic oxidation sites excluding steroid dienone is 2. The monoisotopic (exact) mass is 205 g/mol. The molecule has 0 aromatic carbocycles. The number of carbonyl (C=O) groups is 2. The first kappa shape index (κ1) is 11.6. The maximum absolute atomic E-state index is 11.7. The smallest absolute Gasteiger partial charge is 0.176 e. The van der Waals surface area contributed by atoms with E-state index in [1.807, 2.05) is 0 Å². The van der Waals surface area contributed by atoms with Crippen molar-refractivity contribution in [2.75, 3.05) is 0 Å². The Morgan fingerprint density at radius 3 is 2.87 bits per heavy atom. The van der Waals surface area contributed by atoms with Crippen LogP contribution in [0.2, 0.25) is 0 Å². The molecule has 1 aliphatic carbocycles. The van der Waals surface area contributed by atoms with Gasteiger partial charge in [0.05, 0.1) is 5.54 Å². The highest BCUT2D eigenvalue weighted by Crippen LogP contribution is 2.29. The van der Waals surface area contributed by atoms with Crippen molar-refractivity contribution in [1.82, 2.24) is 0 Å². The zero-order chi connectivity index (χ0) is 11.5. The average molecular weight is 205 g/mol. The first-order valence-electron chi connectivity index (χ1n) is 4.82. The Morgan fingerprint density at radius 1 is 1.67 bits per heavy atom. The van der Waals surface area contributed by atoms with E-state index in [1.165, 1.54) is 12.2 Å². The fraction of sp³-hybridized carbons (Fsp3) is 0.333. The highest BCUT2D eigenvalue weighted by atomic mass is 16.1. The third-order valence-electron chi connectivity index (χ3n) is 2.76. The summed E-state index contributed by atoms with van der Waals surface area (Å²) in [4.78, 5) is 23.0. The molecule has 0 aromatic rings. The molecule has 0 aromatic heterocycles. The molecule has 0 spiro atoms. The number of hydrogen-bond acceptors (Lipinski definition) is 3. The Balaban J connectivity index is 2.99. The van der Waals surface area contributed by atoms with E-state index in [0.29, 0.717) is 6.42 Å². The summed E-state index contributed by atoms with van der Waals surface area (Å²) >= 11 is 0. The molecule has 2 N–H and O–H groups in total. The van der Waals surface area contributed by atoms with E-state index < -0.39 is 5.54 Å². The standard InChI is InChI=1S/C12H15NO2/c1-3-9-6-5-7-11(15)12(9,13)8-10(14)4-2/h3-5,7,9H,1-2,6,8,13H2/t9-,12-/m1/s1. The van der Waals surface area contributed by atoms with Crippen LogP contribution in [0.3, 0.4) is 0 Å². The normalized spacial score (nSPS) is 29.9. The lowest BCUT2D eigenvalue weighted by Gasteiger charge is -2.34. The molecule has 0 saturated carbocycles. The van der Waals surface area contributed by atoms with Crippen LogP contribution >= 0.6 is 0 Å². The van der Waals surface area contributed by atoms with E-state index >= 15 is 0 Å². The van der Waals surface area contributed by atoms with Crippen LogP contribution in [0.5, 0.6) is 0 Å². The lowest BCUT2D eigenvalue weighted by atomic mass is 9.73. The second-order valence-electron chi connectivity index (χ2n) is 3.73. The molecule has 0 saturated heterocycles. The molecule has 0 bridgehead atoms.